The van der Waals surface area contributed by atoms with Crippen molar-refractivity contribution < 1.29 is 4.79 Å². The largest absolute Gasteiger partial charge is 0.337 e. The summed E-state index contributed by atoms with van der Waals surface area (Å²) >= 11 is 9.55. The first-order chi connectivity index (χ1) is 15.1. The van der Waals surface area contributed by atoms with E-state index in [9.17, 15) is 4.79 Å². The van der Waals surface area contributed by atoms with E-state index in [1.54, 1.807) is 29.2 Å². The molecule has 7 nitrogen and oxygen atoms in total. The number of fused-ring (bicyclic) bond motifs is 2. The van der Waals surface area contributed by atoms with Crippen molar-refractivity contribution in [3.8, 4) is 0 Å². The molecule has 0 saturated heterocycles. The van der Waals surface area contributed by atoms with Crippen molar-refractivity contribution in [3.05, 3.63) is 82.4 Å². The van der Waals surface area contributed by atoms with Gasteiger partial charge in [-0.1, -0.05) is 46.3 Å². The summed E-state index contributed by atoms with van der Waals surface area (Å²) in [6.45, 7) is 0.0858. The van der Waals surface area contributed by atoms with Crippen LogP contribution in [0.1, 0.15) is 10.4 Å². The lowest BCUT2D eigenvalue weighted by molar-refractivity contribution is 0.0973. The number of nitrogens with one attached hydrogen (secondary N) is 1. The molecule has 0 unspecified atom stereocenters. The fourth-order valence-electron chi connectivity index (χ4n) is 3.28. The van der Waals surface area contributed by atoms with Crippen LogP contribution in [0.25, 0.3) is 22.1 Å². The van der Waals surface area contributed by atoms with Gasteiger partial charge in [0.25, 0.3) is 0 Å². The molecule has 0 aliphatic rings. The molecule has 0 radical (unpaired) electrons. The maximum Gasteiger partial charge on any atom is 0.226 e. The van der Waals surface area contributed by atoms with Gasteiger partial charge in [0.2, 0.25) is 5.28 Å². The van der Waals surface area contributed by atoms with Crippen molar-refractivity contribution in [2.45, 2.75) is 6.54 Å². The normalized spacial score (nSPS) is 11.2. The highest BCUT2D eigenvalue weighted by Gasteiger charge is 2.16. The van der Waals surface area contributed by atoms with Crippen molar-refractivity contribution in [2.24, 2.45) is 0 Å². The molecule has 5 aromatic rings. The Bertz CT molecular complexity index is 1430. The quantitative estimate of drug-likeness (QED) is 0.260. The Morgan fingerprint density at radius 3 is 2.71 bits per heavy atom. The molecule has 0 atom stereocenters. The fourth-order valence-corrected chi connectivity index (χ4v) is 3.71. The van der Waals surface area contributed by atoms with Crippen molar-refractivity contribution >= 4 is 66.9 Å². The maximum absolute atomic E-state index is 12.7. The fraction of sp³-hybridized carbons (Fsp3) is 0.0455. The average Bonchev–Trinajstić information content (AvgIpc) is 3.16. The van der Waals surface area contributed by atoms with E-state index in [2.05, 4.69) is 41.2 Å². The molecular weight excluding hydrogens is 480 g/mol. The number of anilines is 2. The van der Waals surface area contributed by atoms with Crippen molar-refractivity contribution in [1.29, 1.82) is 0 Å². The number of ketones is 1. The average molecular weight is 494 g/mol. The number of pyridine rings is 1. The number of Topliss-reactive ketones (excluding diaryl/α,β-unsaturated/α-hetero) is 1. The number of carbonyl (C=O) groups excluding carboxylic acids is 1. The third-order valence-electron chi connectivity index (χ3n) is 4.77. The van der Waals surface area contributed by atoms with Gasteiger partial charge in [-0.3, -0.25) is 9.78 Å². The van der Waals surface area contributed by atoms with Crippen LogP contribution >= 0.6 is 27.5 Å². The first-order valence-corrected chi connectivity index (χ1v) is 10.5. The van der Waals surface area contributed by atoms with E-state index in [-0.39, 0.29) is 17.6 Å². The number of carbonyl (C=O) groups is 1. The third-order valence-corrected chi connectivity index (χ3v) is 5.47. The van der Waals surface area contributed by atoms with Gasteiger partial charge in [0.1, 0.15) is 0 Å². The van der Waals surface area contributed by atoms with Crippen molar-refractivity contribution in [2.75, 3.05) is 5.32 Å². The zero-order valence-corrected chi connectivity index (χ0v) is 18.3. The van der Waals surface area contributed by atoms with Crippen LogP contribution in [0, 0.1) is 0 Å². The monoisotopic (exact) mass is 492 g/mol. The van der Waals surface area contributed by atoms with Gasteiger partial charge in [-0.15, -0.1) is 0 Å². The summed E-state index contributed by atoms with van der Waals surface area (Å²) in [4.78, 5) is 30.1. The summed E-state index contributed by atoms with van der Waals surface area (Å²) in [6, 6.07) is 17.0. The highest BCUT2D eigenvalue weighted by molar-refractivity contribution is 9.10. The molecule has 5 rings (SSSR count). The van der Waals surface area contributed by atoms with E-state index in [0.29, 0.717) is 22.5 Å². The van der Waals surface area contributed by atoms with E-state index in [4.69, 9.17) is 11.6 Å². The molecule has 0 fully saturated rings. The molecule has 9 heteroatoms. The van der Waals surface area contributed by atoms with Crippen LogP contribution in [-0.4, -0.2) is 30.3 Å². The van der Waals surface area contributed by atoms with Crippen LogP contribution in [0.2, 0.25) is 5.28 Å². The van der Waals surface area contributed by atoms with Crippen LogP contribution in [0.4, 0.5) is 11.5 Å². The molecule has 0 bridgehead atoms. The van der Waals surface area contributed by atoms with Gasteiger partial charge in [0, 0.05) is 15.4 Å². The Kier molecular flexibility index (Phi) is 5.09. The molecule has 0 spiro atoms. The van der Waals surface area contributed by atoms with Crippen LogP contribution in [0.15, 0.2) is 71.6 Å². The summed E-state index contributed by atoms with van der Waals surface area (Å²) in [6.07, 6.45) is 3.29. The number of hydrogen-bond acceptors (Lipinski definition) is 6. The number of para-hydroxylation sites is 1. The predicted octanol–water partition coefficient (Wildman–Crippen LogP) is 5.42. The molecular formula is C22H14BrClN6O. The maximum atomic E-state index is 12.7. The minimum atomic E-state index is -0.0604. The highest BCUT2D eigenvalue weighted by Crippen LogP contribution is 2.26. The number of aromatic nitrogens is 5. The lowest BCUT2D eigenvalue weighted by Crippen LogP contribution is -2.10. The molecule has 0 amide bonds. The number of benzene rings is 2. The van der Waals surface area contributed by atoms with Gasteiger partial charge < -0.3 is 9.88 Å². The number of nitrogens with zero attached hydrogens (tertiary/aromatic N) is 5. The van der Waals surface area contributed by atoms with Gasteiger partial charge in [-0.25, -0.2) is 4.98 Å². The topological polar surface area (TPSA) is 85.6 Å². The molecule has 0 aliphatic carbocycles. The molecule has 0 saturated carbocycles. The van der Waals surface area contributed by atoms with Crippen LogP contribution in [0.3, 0.4) is 0 Å². The summed E-state index contributed by atoms with van der Waals surface area (Å²) in [7, 11) is 0. The second-order valence-corrected chi connectivity index (χ2v) is 8.11. The second kappa shape index (κ2) is 8.05. The van der Waals surface area contributed by atoms with Crippen LogP contribution in [0.5, 0.6) is 0 Å². The van der Waals surface area contributed by atoms with E-state index < -0.39 is 0 Å². The highest BCUT2D eigenvalue weighted by atomic mass is 79.9. The molecule has 31 heavy (non-hydrogen) atoms. The van der Waals surface area contributed by atoms with E-state index in [1.165, 1.54) is 0 Å². The predicted molar refractivity (Wildman–Crippen MR) is 124 cm³/mol. The molecule has 3 heterocycles. The van der Waals surface area contributed by atoms with E-state index in [1.807, 2.05) is 42.5 Å². The first-order valence-electron chi connectivity index (χ1n) is 9.36. The SMILES string of the molecule is O=C(Cn1cnc2c(Nc3cnc4ccccc4c3)nc(Cl)nc21)c1ccc(Br)cc1. The number of imidazole rings is 1. The van der Waals surface area contributed by atoms with Crippen molar-refractivity contribution in [1.82, 2.24) is 24.5 Å². The number of hydrogen-bond donors (Lipinski definition) is 1. The Balaban J connectivity index is 1.48. The minimum absolute atomic E-state index is 0.0570. The van der Waals surface area contributed by atoms with Gasteiger partial charge in [-0.05, 0) is 35.9 Å². The summed E-state index contributed by atoms with van der Waals surface area (Å²) < 4.78 is 2.58. The molecule has 0 aliphatic heterocycles. The second-order valence-electron chi connectivity index (χ2n) is 6.86. The summed E-state index contributed by atoms with van der Waals surface area (Å²) in [5.74, 6) is 0.386. The Morgan fingerprint density at radius 1 is 1.06 bits per heavy atom. The third kappa shape index (κ3) is 3.99. The van der Waals surface area contributed by atoms with Gasteiger partial charge >= 0.3 is 0 Å². The number of rotatable bonds is 5. The van der Waals surface area contributed by atoms with Gasteiger partial charge in [0.15, 0.2) is 22.8 Å². The van der Waals surface area contributed by atoms with Crippen LogP contribution < -0.4 is 5.32 Å². The molecule has 152 valence electrons. The summed E-state index contributed by atoms with van der Waals surface area (Å²) in [5.41, 5.74) is 3.23. The Hall–Kier alpha value is -3.36. The van der Waals surface area contributed by atoms with E-state index in [0.717, 1.165) is 21.1 Å². The van der Waals surface area contributed by atoms with E-state index >= 15 is 0 Å². The van der Waals surface area contributed by atoms with Crippen LogP contribution in [-0.2, 0) is 6.54 Å². The Morgan fingerprint density at radius 2 is 1.87 bits per heavy atom. The lowest BCUT2D eigenvalue weighted by atomic mass is 10.1. The van der Waals surface area contributed by atoms with Crippen molar-refractivity contribution in [3.63, 3.8) is 0 Å². The van der Waals surface area contributed by atoms with Gasteiger partial charge in [-0.2, -0.15) is 9.97 Å². The zero-order chi connectivity index (χ0) is 21.4. The Labute approximate surface area is 190 Å². The molecule has 2 aromatic carbocycles. The number of halogens is 2. The lowest BCUT2D eigenvalue weighted by Gasteiger charge is -2.08. The summed E-state index contributed by atoms with van der Waals surface area (Å²) in [5, 5.41) is 4.27. The molecule has 3 aromatic heterocycles. The smallest absolute Gasteiger partial charge is 0.226 e. The molecule has 1 N–H and O–H groups in total. The van der Waals surface area contributed by atoms with Gasteiger partial charge in [0.05, 0.1) is 30.3 Å². The minimum Gasteiger partial charge on any atom is -0.337 e. The first kappa shape index (κ1) is 19.6. The zero-order valence-electron chi connectivity index (χ0n) is 16.0. The standard InChI is InChI=1S/C22H14BrClN6O/c23-15-7-5-13(6-8-15)18(31)11-30-12-26-19-20(28-22(24)29-21(19)30)27-16-9-14-3-1-2-4-17(14)25-10-16/h1-10,12H,11H2,(H,27,28,29).